The molecule has 0 aromatic heterocycles. The number of ether oxygens (including phenoxy) is 2. The molecule has 2 aromatic carbocycles. The Balaban J connectivity index is 2.02. The number of hydrogen-bond donors (Lipinski definition) is 1. The Morgan fingerprint density at radius 2 is 1.91 bits per heavy atom. The van der Waals surface area contributed by atoms with Gasteiger partial charge in [0.25, 0.3) is 5.91 Å². The lowest BCUT2D eigenvalue weighted by molar-refractivity contribution is -0.118. The summed E-state index contributed by atoms with van der Waals surface area (Å²) in [5, 5.41) is 2.94. The molecule has 0 saturated heterocycles. The van der Waals surface area contributed by atoms with Crippen LogP contribution in [0, 0.1) is 6.92 Å². The number of methoxy groups -OCH3 is 1. The maximum Gasteiger partial charge on any atom is 0.337 e. The second-order valence-corrected chi connectivity index (χ2v) is 5.20. The van der Waals surface area contributed by atoms with Crippen LogP contribution in [-0.4, -0.2) is 25.6 Å². The molecule has 6 heteroatoms. The number of carbonyl (C=O) groups excluding carboxylic acids is 2. The molecule has 0 radical (unpaired) electrons. The van der Waals surface area contributed by atoms with Gasteiger partial charge in [-0.15, -0.1) is 0 Å². The molecule has 0 aliphatic heterocycles. The highest BCUT2D eigenvalue weighted by Gasteiger charge is 2.12. The van der Waals surface area contributed by atoms with Crippen molar-refractivity contribution in [3.05, 3.63) is 58.6 Å². The highest BCUT2D eigenvalue weighted by atomic mass is 35.5. The first-order chi connectivity index (χ1) is 11.0. The average Bonchev–Trinajstić information content (AvgIpc) is 2.55. The number of benzene rings is 2. The molecule has 120 valence electrons. The molecule has 0 spiro atoms. The Morgan fingerprint density at radius 3 is 2.61 bits per heavy atom. The van der Waals surface area contributed by atoms with Crippen molar-refractivity contribution in [3.63, 3.8) is 0 Å². The minimum absolute atomic E-state index is 0.163. The summed E-state index contributed by atoms with van der Waals surface area (Å²) in [6.07, 6.45) is 0. The predicted octanol–water partition coefficient (Wildman–Crippen LogP) is 3.45. The molecular formula is C17H16ClNO4. The maximum atomic E-state index is 12.0. The van der Waals surface area contributed by atoms with Crippen LogP contribution in [-0.2, 0) is 9.53 Å². The number of aryl methyl sites for hydroxylation is 1. The Labute approximate surface area is 139 Å². The SMILES string of the molecule is COC(=O)c1ccc(Cl)c(NC(=O)COc2ccccc2C)c1. The lowest BCUT2D eigenvalue weighted by Crippen LogP contribution is -2.20. The van der Waals surface area contributed by atoms with E-state index in [9.17, 15) is 9.59 Å². The number of esters is 1. The van der Waals surface area contributed by atoms with Crippen LogP contribution in [0.25, 0.3) is 0 Å². The van der Waals surface area contributed by atoms with E-state index in [0.29, 0.717) is 22.0 Å². The van der Waals surface area contributed by atoms with Crippen molar-refractivity contribution >= 4 is 29.2 Å². The van der Waals surface area contributed by atoms with E-state index in [0.717, 1.165) is 5.56 Å². The summed E-state index contributed by atoms with van der Waals surface area (Å²) in [4.78, 5) is 23.5. The molecule has 0 bridgehead atoms. The second-order valence-electron chi connectivity index (χ2n) is 4.79. The van der Waals surface area contributed by atoms with E-state index in [-0.39, 0.29) is 12.5 Å². The number of nitrogens with one attached hydrogen (secondary N) is 1. The van der Waals surface area contributed by atoms with Crippen LogP contribution >= 0.6 is 11.6 Å². The summed E-state index contributed by atoms with van der Waals surface area (Å²) >= 11 is 6.02. The summed E-state index contributed by atoms with van der Waals surface area (Å²) in [6, 6.07) is 11.9. The van der Waals surface area contributed by atoms with Crippen molar-refractivity contribution in [3.8, 4) is 5.75 Å². The second kappa shape index (κ2) is 7.65. The zero-order valence-electron chi connectivity index (χ0n) is 12.8. The van der Waals surface area contributed by atoms with Gasteiger partial charge < -0.3 is 14.8 Å². The van der Waals surface area contributed by atoms with Gasteiger partial charge in [-0.2, -0.15) is 0 Å². The van der Waals surface area contributed by atoms with E-state index in [1.54, 1.807) is 6.07 Å². The van der Waals surface area contributed by atoms with Gasteiger partial charge in [-0.25, -0.2) is 4.79 Å². The van der Waals surface area contributed by atoms with Gasteiger partial charge >= 0.3 is 5.97 Å². The minimum atomic E-state index is -0.506. The van der Waals surface area contributed by atoms with E-state index in [1.165, 1.54) is 25.3 Å². The quantitative estimate of drug-likeness (QED) is 0.851. The van der Waals surface area contributed by atoms with Gasteiger partial charge in [-0.3, -0.25) is 4.79 Å². The van der Waals surface area contributed by atoms with Gasteiger partial charge in [0, 0.05) is 0 Å². The van der Waals surface area contributed by atoms with Gasteiger partial charge in [0.05, 0.1) is 23.4 Å². The van der Waals surface area contributed by atoms with Gasteiger partial charge in [-0.05, 0) is 36.8 Å². The van der Waals surface area contributed by atoms with Gasteiger partial charge in [0.1, 0.15) is 5.75 Å². The molecule has 2 aromatic rings. The predicted molar refractivity (Wildman–Crippen MR) is 88.1 cm³/mol. The Hall–Kier alpha value is -2.53. The molecule has 1 amide bonds. The fourth-order valence-corrected chi connectivity index (χ4v) is 2.08. The third-order valence-electron chi connectivity index (χ3n) is 3.11. The highest BCUT2D eigenvalue weighted by Crippen LogP contribution is 2.23. The van der Waals surface area contributed by atoms with Crippen molar-refractivity contribution in [2.45, 2.75) is 6.92 Å². The van der Waals surface area contributed by atoms with E-state index in [2.05, 4.69) is 10.1 Å². The first-order valence-electron chi connectivity index (χ1n) is 6.87. The van der Waals surface area contributed by atoms with Crippen molar-refractivity contribution < 1.29 is 19.1 Å². The number of hydrogen-bond acceptors (Lipinski definition) is 4. The lowest BCUT2D eigenvalue weighted by atomic mass is 10.2. The molecule has 5 nitrogen and oxygen atoms in total. The van der Waals surface area contributed by atoms with Crippen LogP contribution in [0.1, 0.15) is 15.9 Å². The normalized spacial score (nSPS) is 10.0. The van der Waals surface area contributed by atoms with E-state index in [1.807, 2.05) is 25.1 Å². The summed E-state index contributed by atoms with van der Waals surface area (Å²) in [6.45, 7) is 1.73. The first-order valence-corrected chi connectivity index (χ1v) is 7.25. The molecule has 0 heterocycles. The Bertz CT molecular complexity index is 730. The molecule has 0 aliphatic carbocycles. The van der Waals surface area contributed by atoms with E-state index >= 15 is 0 Å². The highest BCUT2D eigenvalue weighted by molar-refractivity contribution is 6.33. The average molecular weight is 334 g/mol. The van der Waals surface area contributed by atoms with Gasteiger partial charge in [0.2, 0.25) is 0 Å². The molecular weight excluding hydrogens is 318 g/mol. The zero-order valence-corrected chi connectivity index (χ0v) is 13.5. The van der Waals surface area contributed by atoms with Crippen molar-refractivity contribution in [1.29, 1.82) is 0 Å². The Morgan fingerprint density at radius 1 is 1.17 bits per heavy atom. The number of rotatable bonds is 5. The number of para-hydroxylation sites is 1. The molecule has 0 atom stereocenters. The van der Waals surface area contributed by atoms with Crippen LogP contribution in [0.5, 0.6) is 5.75 Å². The summed E-state index contributed by atoms with van der Waals surface area (Å²) in [5.74, 6) is -0.248. The largest absolute Gasteiger partial charge is 0.483 e. The molecule has 2 rings (SSSR count). The van der Waals surface area contributed by atoms with E-state index in [4.69, 9.17) is 16.3 Å². The van der Waals surface area contributed by atoms with Gasteiger partial charge in [0.15, 0.2) is 6.61 Å². The maximum absolute atomic E-state index is 12.0. The molecule has 0 unspecified atom stereocenters. The number of halogens is 1. The van der Waals surface area contributed by atoms with Gasteiger partial charge in [-0.1, -0.05) is 29.8 Å². The number of anilines is 1. The number of carbonyl (C=O) groups is 2. The summed E-state index contributed by atoms with van der Waals surface area (Å²) < 4.78 is 10.1. The Kier molecular flexibility index (Phi) is 5.60. The summed E-state index contributed by atoms with van der Waals surface area (Å²) in [5.41, 5.74) is 1.56. The smallest absolute Gasteiger partial charge is 0.337 e. The van der Waals surface area contributed by atoms with Crippen LogP contribution in [0.2, 0.25) is 5.02 Å². The fourth-order valence-electron chi connectivity index (χ4n) is 1.91. The molecule has 1 N–H and O–H groups in total. The monoisotopic (exact) mass is 333 g/mol. The molecule has 0 fully saturated rings. The number of amides is 1. The van der Waals surface area contributed by atoms with Crippen molar-refractivity contribution in [2.24, 2.45) is 0 Å². The zero-order chi connectivity index (χ0) is 16.8. The molecule has 0 saturated carbocycles. The van der Waals surface area contributed by atoms with Crippen LogP contribution in [0.3, 0.4) is 0 Å². The third kappa shape index (κ3) is 4.47. The lowest BCUT2D eigenvalue weighted by Gasteiger charge is -2.11. The molecule has 0 aliphatic rings. The first kappa shape index (κ1) is 16.8. The van der Waals surface area contributed by atoms with Crippen molar-refractivity contribution in [2.75, 3.05) is 19.0 Å². The van der Waals surface area contributed by atoms with Crippen LogP contribution in [0.15, 0.2) is 42.5 Å². The van der Waals surface area contributed by atoms with Crippen molar-refractivity contribution in [1.82, 2.24) is 0 Å². The van der Waals surface area contributed by atoms with Crippen LogP contribution in [0.4, 0.5) is 5.69 Å². The van der Waals surface area contributed by atoms with Crippen LogP contribution < -0.4 is 10.1 Å². The third-order valence-corrected chi connectivity index (χ3v) is 3.44. The standard InChI is InChI=1S/C17H16ClNO4/c1-11-5-3-4-6-15(11)23-10-16(20)19-14-9-12(17(21)22-2)7-8-13(14)18/h3-9H,10H2,1-2H3,(H,19,20). The summed E-state index contributed by atoms with van der Waals surface area (Å²) in [7, 11) is 1.28. The topological polar surface area (TPSA) is 64.6 Å². The minimum Gasteiger partial charge on any atom is -0.483 e. The van der Waals surface area contributed by atoms with E-state index < -0.39 is 5.97 Å². The fraction of sp³-hybridized carbons (Fsp3) is 0.176. The molecule has 23 heavy (non-hydrogen) atoms.